The number of para-hydroxylation sites is 1. The summed E-state index contributed by atoms with van der Waals surface area (Å²) in [5.41, 5.74) is 9.12. The van der Waals surface area contributed by atoms with Crippen LogP contribution in [-0.2, 0) is 6.42 Å². The summed E-state index contributed by atoms with van der Waals surface area (Å²) >= 11 is 0. The van der Waals surface area contributed by atoms with Gasteiger partial charge in [0.1, 0.15) is 5.75 Å². The second-order valence-electron chi connectivity index (χ2n) is 5.71. The van der Waals surface area contributed by atoms with Crippen LogP contribution in [0.1, 0.15) is 55.7 Å². The molecule has 0 saturated heterocycles. The Morgan fingerprint density at radius 3 is 2.67 bits per heavy atom. The van der Waals surface area contributed by atoms with Crippen molar-refractivity contribution >= 4 is 0 Å². The quantitative estimate of drug-likeness (QED) is 0.808. The van der Waals surface area contributed by atoms with Crippen LogP contribution in [0.5, 0.6) is 5.75 Å². The summed E-state index contributed by atoms with van der Waals surface area (Å²) in [4.78, 5) is 0. The van der Waals surface area contributed by atoms with Crippen LogP contribution < -0.4 is 10.5 Å². The normalized spacial score (nSPS) is 22.1. The summed E-state index contributed by atoms with van der Waals surface area (Å²) in [6.07, 6.45) is 9.05. The molecule has 1 unspecified atom stereocenters. The number of ether oxygens (including phenoxy) is 1. The zero-order valence-corrected chi connectivity index (χ0v) is 11.0. The molecule has 2 aliphatic rings. The Balaban J connectivity index is 1.83. The molecule has 2 N–H and O–H groups in total. The first kappa shape index (κ1) is 12.0. The van der Waals surface area contributed by atoms with E-state index in [2.05, 4.69) is 18.2 Å². The van der Waals surface area contributed by atoms with Gasteiger partial charge >= 0.3 is 0 Å². The highest BCUT2D eigenvalue weighted by Gasteiger charge is 2.26. The standard InChI is InChI=1S/C16H23NO/c17-15(12-6-3-1-2-4-7-12)14-9-5-8-13-10-11-18-16(13)14/h5,8-9,12,15H,1-4,6-7,10-11,17H2. The second kappa shape index (κ2) is 5.31. The van der Waals surface area contributed by atoms with Crippen molar-refractivity contribution in [3.8, 4) is 5.75 Å². The molecule has 0 bridgehead atoms. The molecule has 1 aliphatic carbocycles. The summed E-state index contributed by atoms with van der Waals surface area (Å²) in [5.74, 6) is 1.73. The molecule has 1 atom stereocenters. The highest BCUT2D eigenvalue weighted by molar-refractivity contribution is 5.45. The van der Waals surface area contributed by atoms with Crippen LogP contribution in [0, 0.1) is 5.92 Å². The lowest BCUT2D eigenvalue weighted by molar-refractivity contribution is 0.334. The molecule has 1 aliphatic heterocycles. The van der Waals surface area contributed by atoms with E-state index in [1.807, 2.05) is 0 Å². The van der Waals surface area contributed by atoms with Gasteiger partial charge in [-0.15, -0.1) is 0 Å². The third-order valence-corrected chi connectivity index (χ3v) is 4.51. The molecule has 1 heterocycles. The number of rotatable bonds is 2. The smallest absolute Gasteiger partial charge is 0.127 e. The van der Waals surface area contributed by atoms with Gasteiger partial charge in [-0.1, -0.05) is 43.9 Å². The zero-order chi connectivity index (χ0) is 12.4. The van der Waals surface area contributed by atoms with Gasteiger partial charge in [0.15, 0.2) is 0 Å². The predicted octanol–water partition coefficient (Wildman–Crippen LogP) is 3.59. The van der Waals surface area contributed by atoms with Crippen LogP contribution >= 0.6 is 0 Å². The Hall–Kier alpha value is -1.02. The van der Waals surface area contributed by atoms with E-state index in [9.17, 15) is 0 Å². The molecule has 1 fully saturated rings. The van der Waals surface area contributed by atoms with E-state index in [4.69, 9.17) is 10.5 Å². The molecule has 0 spiro atoms. The van der Waals surface area contributed by atoms with Gasteiger partial charge in [-0.3, -0.25) is 0 Å². The monoisotopic (exact) mass is 245 g/mol. The first-order valence-electron chi connectivity index (χ1n) is 7.36. The molecule has 0 aromatic heterocycles. The Kier molecular flexibility index (Phi) is 3.55. The van der Waals surface area contributed by atoms with Crippen molar-refractivity contribution < 1.29 is 4.74 Å². The van der Waals surface area contributed by atoms with Crippen molar-refractivity contribution in [3.63, 3.8) is 0 Å². The molecule has 1 aromatic rings. The first-order chi connectivity index (χ1) is 8.86. The van der Waals surface area contributed by atoms with Crippen LogP contribution in [0.25, 0.3) is 0 Å². The van der Waals surface area contributed by atoms with Crippen LogP contribution in [-0.4, -0.2) is 6.61 Å². The molecular weight excluding hydrogens is 222 g/mol. The lowest BCUT2D eigenvalue weighted by Crippen LogP contribution is -2.21. The van der Waals surface area contributed by atoms with Crippen molar-refractivity contribution in [1.82, 2.24) is 0 Å². The number of hydrogen-bond donors (Lipinski definition) is 1. The van der Waals surface area contributed by atoms with E-state index in [1.165, 1.54) is 49.7 Å². The fourth-order valence-corrected chi connectivity index (χ4v) is 3.43. The summed E-state index contributed by atoms with van der Waals surface area (Å²) in [6, 6.07) is 6.64. The van der Waals surface area contributed by atoms with E-state index in [1.54, 1.807) is 0 Å². The zero-order valence-electron chi connectivity index (χ0n) is 11.0. The summed E-state index contributed by atoms with van der Waals surface area (Å²) in [7, 11) is 0. The number of fused-ring (bicyclic) bond motifs is 1. The molecular formula is C16H23NO. The highest BCUT2D eigenvalue weighted by atomic mass is 16.5. The van der Waals surface area contributed by atoms with Crippen LogP contribution in [0.3, 0.4) is 0 Å². The van der Waals surface area contributed by atoms with Crippen molar-refractivity contribution in [2.45, 2.75) is 51.0 Å². The van der Waals surface area contributed by atoms with E-state index in [-0.39, 0.29) is 6.04 Å². The number of nitrogens with two attached hydrogens (primary N) is 1. The van der Waals surface area contributed by atoms with Gasteiger partial charge in [-0.2, -0.15) is 0 Å². The molecule has 1 saturated carbocycles. The molecule has 0 radical (unpaired) electrons. The summed E-state index contributed by atoms with van der Waals surface area (Å²) in [5, 5.41) is 0. The minimum Gasteiger partial charge on any atom is -0.493 e. The van der Waals surface area contributed by atoms with Crippen LogP contribution in [0.15, 0.2) is 18.2 Å². The van der Waals surface area contributed by atoms with Gasteiger partial charge in [-0.25, -0.2) is 0 Å². The maximum atomic E-state index is 6.53. The SMILES string of the molecule is NC(c1cccc2c1OCC2)C1CCCCCC1. The minimum absolute atomic E-state index is 0.163. The fourth-order valence-electron chi connectivity index (χ4n) is 3.43. The van der Waals surface area contributed by atoms with Gasteiger partial charge in [0, 0.05) is 18.0 Å². The minimum atomic E-state index is 0.163. The predicted molar refractivity (Wildman–Crippen MR) is 73.8 cm³/mol. The van der Waals surface area contributed by atoms with E-state index in [0.717, 1.165) is 18.8 Å². The van der Waals surface area contributed by atoms with E-state index >= 15 is 0 Å². The van der Waals surface area contributed by atoms with E-state index < -0.39 is 0 Å². The Morgan fingerprint density at radius 2 is 1.89 bits per heavy atom. The molecule has 1 aromatic carbocycles. The molecule has 3 rings (SSSR count). The van der Waals surface area contributed by atoms with Gasteiger partial charge < -0.3 is 10.5 Å². The first-order valence-corrected chi connectivity index (χ1v) is 7.36. The maximum absolute atomic E-state index is 6.53. The second-order valence-corrected chi connectivity index (χ2v) is 5.71. The van der Waals surface area contributed by atoms with Gasteiger partial charge in [0.05, 0.1) is 6.61 Å². The van der Waals surface area contributed by atoms with Crippen molar-refractivity contribution in [2.24, 2.45) is 11.7 Å². The van der Waals surface area contributed by atoms with Crippen LogP contribution in [0.4, 0.5) is 0 Å². The Morgan fingerprint density at radius 1 is 1.11 bits per heavy atom. The topological polar surface area (TPSA) is 35.2 Å². The van der Waals surface area contributed by atoms with Crippen molar-refractivity contribution in [1.29, 1.82) is 0 Å². The van der Waals surface area contributed by atoms with Gasteiger partial charge in [0.2, 0.25) is 0 Å². The van der Waals surface area contributed by atoms with E-state index in [0.29, 0.717) is 5.92 Å². The average Bonchev–Trinajstić information content (AvgIpc) is 2.71. The number of benzene rings is 1. The van der Waals surface area contributed by atoms with Gasteiger partial charge in [0.25, 0.3) is 0 Å². The molecule has 0 amide bonds. The molecule has 2 nitrogen and oxygen atoms in total. The molecule has 18 heavy (non-hydrogen) atoms. The van der Waals surface area contributed by atoms with Gasteiger partial charge in [-0.05, 0) is 24.3 Å². The Labute approximate surface area is 110 Å². The maximum Gasteiger partial charge on any atom is 0.127 e. The lowest BCUT2D eigenvalue weighted by atomic mass is 9.87. The average molecular weight is 245 g/mol. The molecule has 98 valence electrons. The summed E-state index contributed by atoms with van der Waals surface area (Å²) in [6.45, 7) is 0.823. The molecule has 2 heteroatoms. The third kappa shape index (κ3) is 2.26. The van der Waals surface area contributed by atoms with Crippen molar-refractivity contribution in [2.75, 3.05) is 6.61 Å². The third-order valence-electron chi connectivity index (χ3n) is 4.51. The number of hydrogen-bond acceptors (Lipinski definition) is 2. The summed E-state index contributed by atoms with van der Waals surface area (Å²) < 4.78 is 5.79. The lowest BCUT2D eigenvalue weighted by Gasteiger charge is -2.24. The highest BCUT2D eigenvalue weighted by Crippen LogP contribution is 2.39. The largest absolute Gasteiger partial charge is 0.493 e. The van der Waals surface area contributed by atoms with Crippen molar-refractivity contribution in [3.05, 3.63) is 29.3 Å². The van der Waals surface area contributed by atoms with Crippen LogP contribution in [0.2, 0.25) is 0 Å². The Bertz CT molecular complexity index is 408. The fraction of sp³-hybridized carbons (Fsp3) is 0.625.